The highest BCUT2D eigenvalue weighted by atomic mass is 19.4. The van der Waals surface area contributed by atoms with Crippen LogP contribution in [0, 0.1) is 0 Å². The van der Waals surface area contributed by atoms with E-state index in [1.54, 1.807) is 0 Å². The number of benzene rings is 1. The molecule has 0 aliphatic heterocycles. The summed E-state index contributed by atoms with van der Waals surface area (Å²) in [6, 6.07) is 1.49. The van der Waals surface area contributed by atoms with Crippen LogP contribution in [0.25, 0.3) is 5.57 Å². The molecule has 1 rings (SSSR count). The first kappa shape index (κ1) is 14.5. The Kier molecular flexibility index (Phi) is 4.03. The minimum atomic E-state index is -4.86. The Morgan fingerprint density at radius 3 is 1.56 bits per heavy atom. The zero-order valence-corrected chi connectivity index (χ0v) is 8.74. The van der Waals surface area contributed by atoms with Gasteiger partial charge in [-0.05, 0) is 23.8 Å². The molecule has 1 aromatic rings. The molecule has 0 nitrogen and oxygen atoms in total. The molecule has 7 heteroatoms. The van der Waals surface area contributed by atoms with Crippen molar-refractivity contribution in [3.63, 3.8) is 0 Å². The first-order chi connectivity index (χ1) is 8.12. The second-order valence-electron chi connectivity index (χ2n) is 3.47. The molecule has 0 aliphatic rings. The highest BCUT2D eigenvalue weighted by Crippen LogP contribution is 2.36. The summed E-state index contributed by atoms with van der Waals surface area (Å²) in [6.07, 6.45) is -11.1. The Morgan fingerprint density at radius 2 is 1.28 bits per heavy atom. The van der Waals surface area contributed by atoms with Crippen LogP contribution in [0.5, 0.6) is 0 Å². The molecular weight excluding hydrogens is 265 g/mol. The van der Waals surface area contributed by atoms with Gasteiger partial charge in [-0.15, -0.1) is 0 Å². The van der Waals surface area contributed by atoms with Gasteiger partial charge in [-0.25, -0.2) is 17.6 Å². The summed E-state index contributed by atoms with van der Waals surface area (Å²) < 4.78 is 86.6. The molecule has 0 saturated heterocycles. The molecule has 0 N–H and O–H groups in total. The van der Waals surface area contributed by atoms with E-state index in [1.165, 1.54) is 0 Å². The van der Waals surface area contributed by atoms with Crippen molar-refractivity contribution in [1.29, 1.82) is 0 Å². The molecule has 18 heavy (non-hydrogen) atoms. The Labute approximate surface area is 97.7 Å². The number of allylic oxidation sites excluding steroid dienone is 1. The van der Waals surface area contributed by atoms with Crippen molar-refractivity contribution in [2.75, 3.05) is 0 Å². The lowest BCUT2D eigenvalue weighted by Crippen LogP contribution is -2.10. The normalized spacial score (nSPS) is 12.3. The van der Waals surface area contributed by atoms with Gasteiger partial charge < -0.3 is 0 Å². The van der Waals surface area contributed by atoms with Crippen LogP contribution < -0.4 is 0 Å². The summed E-state index contributed by atoms with van der Waals surface area (Å²) in [4.78, 5) is 0. The number of hydrogen-bond donors (Lipinski definition) is 0. The zero-order chi connectivity index (χ0) is 14.1. The van der Waals surface area contributed by atoms with Crippen molar-refractivity contribution in [3.8, 4) is 0 Å². The number of rotatable bonds is 3. The molecule has 0 unspecified atom stereocenters. The molecule has 0 fully saturated rings. The molecule has 0 aliphatic carbocycles. The van der Waals surface area contributed by atoms with Gasteiger partial charge in [-0.1, -0.05) is 6.58 Å². The maximum Gasteiger partial charge on any atom is 0.416 e. The van der Waals surface area contributed by atoms with Crippen molar-refractivity contribution < 1.29 is 30.7 Å². The van der Waals surface area contributed by atoms with Crippen LogP contribution >= 0.6 is 0 Å². The van der Waals surface area contributed by atoms with E-state index in [4.69, 9.17) is 0 Å². The lowest BCUT2D eigenvalue weighted by Gasteiger charge is -2.13. The van der Waals surface area contributed by atoms with Gasteiger partial charge in [-0.2, -0.15) is 13.2 Å². The van der Waals surface area contributed by atoms with E-state index >= 15 is 0 Å². The number of halogens is 7. The summed E-state index contributed by atoms with van der Waals surface area (Å²) >= 11 is 0. The highest BCUT2D eigenvalue weighted by molar-refractivity contribution is 5.68. The van der Waals surface area contributed by atoms with Gasteiger partial charge in [0.05, 0.1) is 5.57 Å². The Balaban J connectivity index is 3.32. The fourth-order valence-corrected chi connectivity index (χ4v) is 1.27. The molecule has 1 aromatic carbocycles. The molecule has 0 spiro atoms. The van der Waals surface area contributed by atoms with Gasteiger partial charge in [0.1, 0.15) is 0 Å². The number of hydrogen-bond acceptors (Lipinski definition) is 0. The van der Waals surface area contributed by atoms with E-state index in [0.717, 1.165) is 0 Å². The van der Waals surface area contributed by atoms with E-state index in [-0.39, 0.29) is 0 Å². The van der Waals surface area contributed by atoms with Gasteiger partial charge in [0, 0.05) is 11.1 Å². The van der Waals surface area contributed by atoms with E-state index in [2.05, 4.69) is 6.58 Å². The number of alkyl halides is 7. The van der Waals surface area contributed by atoms with Crippen LogP contribution in [0.1, 0.15) is 29.5 Å². The third-order valence-electron chi connectivity index (χ3n) is 2.17. The molecule has 0 atom stereocenters. The van der Waals surface area contributed by atoms with E-state index in [0.29, 0.717) is 18.2 Å². The van der Waals surface area contributed by atoms with Crippen LogP contribution in [0.15, 0.2) is 24.8 Å². The van der Waals surface area contributed by atoms with Gasteiger partial charge in [0.25, 0.3) is 12.9 Å². The zero-order valence-electron chi connectivity index (χ0n) is 8.74. The van der Waals surface area contributed by atoms with Gasteiger partial charge >= 0.3 is 6.18 Å². The van der Waals surface area contributed by atoms with E-state index in [1.807, 2.05) is 0 Å². The van der Waals surface area contributed by atoms with Crippen LogP contribution in [0.4, 0.5) is 30.7 Å². The minimum Gasteiger partial charge on any atom is -0.205 e. The molecule has 0 bridgehead atoms. The van der Waals surface area contributed by atoms with Crippen molar-refractivity contribution in [2.24, 2.45) is 0 Å². The predicted molar refractivity (Wildman–Crippen MR) is 51.4 cm³/mol. The summed E-state index contributed by atoms with van der Waals surface area (Å²) in [5, 5.41) is 0. The molecule has 0 aromatic heterocycles. The Hall–Kier alpha value is -1.53. The lowest BCUT2D eigenvalue weighted by molar-refractivity contribution is -0.0687. The Morgan fingerprint density at radius 1 is 0.889 bits per heavy atom. The molecular formula is C11H7F7. The summed E-state index contributed by atoms with van der Waals surface area (Å²) in [6.45, 7) is 2.68. The van der Waals surface area contributed by atoms with E-state index in [9.17, 15) is 30.7 Å². The van der Waals surface area contributed by atoms with Crippen molar-refractivity contribution in [1.82, 2.24) is 0 Å². The fourth-order valence-electron chi connectivity index (χ4n) is 1.27. The highest BCUT2D eigenvalue weighted by Gasteiger charge is 2.33. The van der Waals surface area contributed by atoms with Crippen LogP contribution in [0.3, 0.4) is 0 Å². The summed E-state index contributed by atoms with van der Waals surface area (Å²) in [5.74, 6) is 0. The van der Waals surface area contributed by atoms with Crippen LogP contribution in [-0.4, -0.2) is 6.18 Å². The standard InChI is InChI=1S/C11H7F7/c1-5(11(16,17)18)6-2-7(9(12)13)4-8(3-6)10(14)15/h2-4,9-10H,1H2. The monoisotopic (exact) mass is 272 g/mol. The smallest absolute Gasteiger partial charge is 0.205 e. The maximum absolute atomic E-state index is 12.4. The third-order valence-corrected chi connectivity index (χ3v) is 2.17. The van der Waals surface area contributed by atoms with Gasteiger partial charge in [-0.3, -0.25) is 0 Å². The topological polar surface area (TPSA) is 0 Å². The molecule has 0 heterocycles. The Bertz CT molecular complexity index is 419. The summed E-state index contributed by atoms with van der Waals surface area (Å²) in [7, 11) is 0. The average Bonchev–Trinajstić information content (AvgIpc) is 2.26. The third kappa shape index (κ3) is 3.24. The van der Waals surface area contributed by atoms with Crippen LogP contribution in [0.2, 0.25) is 0 Å². The first-order valence-corrected chi connectivity index (χ1v) is 4.60. The SMILES string of the molecule is C=C(c1cc(C(F)F)cc(C(F)F)c1)C(F)(F)F. The lowest BCUT2D eigenvalue weighted by atomic mass is 10.0. The molecule has 0 saturated carbocycles. The quantitative estimate of drug-likeness (QED) is 0.668. The van der Waals surface area contributed by atoms with Gasteiger partial charge in [0.2, 0.25) is 0 Å². The van der Waals surface area contributed by atoms with E-state index < -0.39 is 41.3 Å². The van der Waals surface area contributed by atoms with Crippen molar-refractivity contribution in [3.05, 3.63) is 41.5 Å². The molecule has 0 radical (unpaired) electrons. The first-order valence-electron chi connectivity index (χ1n) is 4.60. The van der Waals surface area contributed by atoms with Crippen LogP contribution in [-0.2, 0) is 0 Å². The minimum absolute atomic E-state index is 0.475. The molecule has 100 valence electrons. The van der Waals surface area contributed by atoms with Gasteiger partial charge in [0.15, 0.2) is 0 Å². The average molecular weight is 272 g/mol. The molecule has 0 amide bonds. The largest absolute Gasteiger partial charge is 0.416 e. The second-order valence-corrected chi connectivity index (χ2v) is 3.47. The maximum atomic E-state index is 12.4. The second kappa shape index (κ2) is 4.99. The fraction of sp³-hybridized carbons (Fsp3) is 0.273. The van der Waals surface area contributed by atoms with Crippen molar-refractivity contribution in [2.45, 2.75) is 19.0 Å². The summed E-state index contributed by atoms with van der Waals surface area (Å²) in [5.41, 5.74) is -4.01. The van der Waals surface area contributed by atoms with Crippen molar-refractivity contribution >= 4 is 5.57 Å². The predicted octanol–water partition coefficient (Wildman–Crippen LogP) is 5.14.